The van der Waals surface area contributed by atoms with Gasteiger partial charge in [0.2, 0.25) is 0 Å². The van der Waals surface area contributed by atoms with E-state index in [4.69, 9.17) is 9.73 Å². The first-order chi connectivity index (χ1) is 19.9. The van der Waals surface area contributed by atoms with Crippen molar-refractivity contribution < 1.29 is 33.0 Å². The van der Waals surface area contributed by atoms with Gasteiger partial charge in [0.25, 0.3) is 0 Å². The van der Waals surface area contributed by atoms with E-state index in [1.165, 1.54) is 31.4 Å². The van der Waals surface area contributed by atoms with Gasteiger partial charge in [0.15, 0.2) is 22.5 Å². The molecule has 2 aromatic rings. The minimum Gasteiger partial charge on any atom is -0.481 e. The number of thiazole rings is 1. The molecular weight excluding hydrogens is 570 g/mol. The number of carboxylic acids is 1. The van der Waals surface area contributed by atoms with Crippen LogP contribution in [0.5, 0.6) is 0 Å². The highest BCUT2D eigenvalue weighted by atomic mass is 32.1. The number of nitrogens with zero attached hydrogens (tertiary/aromatic N) is 5. The van der Waals surface area contributed by atoms with Gasteiger partial charge < -0.3 is 25.0 Å². The fourth-order valence-electron chi connectivity index (χ4n) is 5.82. The number of hydrogen-bond acceptors (Lipinski definition) is 9. The van der Waals surface area contributed by atoms with E-state index in [2.05, 4.69) is 15.2 Å². The summed E-state index contributed by atoms with van der Waals surface area (Å²) >= 11 is 1.34. The number of piperazine rings is 1. The van der Waals surface area contributed by atoms with Crippen molar-refractivity contribution in [2.75, 3.05) is 39.8 Å². The molecule has 2 amide bonds. The van der Waals surface area contributed by atoms with E-state index in [9.17, 15) is 28.3 Å². The molecule has 42 heavy (non-hydrogen) atoms. The van der Waals surface area contributed by atoms with Crippen LogP contribution in [-0.2, 0) is 14.3 Å². The molecule has 14 heteroatoms. The summed E-state index contributed by atoms with van der Waals surface area (Å²) < 4.78 is 33.8. The maximum atomic E-state index is 14.7. The number of benzene rings is 1. The van der Waals surface area contributed by atoms with Crippen LogP contribution in [0.4, 0.5) is 13.6 Å². The molecule has 2 fully saturated rings. The number of aromatic nitrogens is 1. The Hall–Kier alpha value is -3.91. The third-order valence-electron chi connectivity index (χ3n) is 7.98. The Labute approximate surface area is 245 Å². The molecule has 3 aliphatic heterocycles. The highest BCUT2D eigenvalue weighted by Crippen LogP contribution is 2.36. The second kappa shape index (κ2) is 11.4. The molecule has 224 valence electrons. The minimum atomic E-state index is -1.01. The summed E-state index contributed by atoms with van der Waals surface area (Å²) in [5.41, 5.74) is 0.153. The van der Waals surface area contributed by atoms with Gasteiger partial charge in [-0.2, -0.15) is 0 Å². The summed E-state index contributed by atoms with van der Waals surface area (Å²) in [5, 5.41) is 14.9. The highest BCUT2D eigenvalue weighted by molar-refractivity contribution is 7.11. The predicted octanol–water partition coefficient (Wildman–Crippen LogP) is 2.92. The Kier molecular flexibility index (Phi) is 8.03. The zero-order valence-electron chi connectivity index (χ0n) is 23.7. The molecule has 0 aliphatic carbocycles. The van der Waals surface area contributed by atoms with E-state index in [-0.39, 0.29) is 36.2 Å². The second-order valence-corrected chi connectivity index (χ2v) is 12.1. The lowest BCUT2D eigenvalue weighted by Gasteiger charge is -2.38. The van der Waals surface area contributed by atoms with Crippen molar-refractivity contribution in [1.29, 1.82) is 0 Å². The van der Waals surface area contributed by atoms with Gasteiger partial charge in [-0.05, 0) is 38.0 Å². The molecule has 0 unspecified atom stereocenters. The molecule has 4 heterocycles. The summed E-state index contributed by atoms with van der Waals surface area (Å²) in [6.45, 7) is 6.94. The van der Waals surface area contributed by atoms with Gasteiger partial charge in [0.1, 0.15) is 6.04 Å². The molecule has 11 nitrogen and oxygen atoms in total. The first-order valence-electron chi connectivity index (χ1n) is 13.4. The third kappa shape index (κ3) is 5.48. The number of carbonyl (C=O) groups is 3. The highest BCUT2D eigenvalue weighted by Gasteiger charge is 2.47. The van der Waals surface area contributed by atoms with Gasteiger partial charge in [-0.3, -0.25) is 14.7 Å². The number of hydrogen-bond donors (Lipinski definition) is 2. The number of nitrogens with one attached hydrogen (secondary N) is 1. The number of halogens is 2. The van der Waals surface area contributed by atoms with E-state index < -0.39 is 35.2 Å². The molecule has 3 aliphatic rings. The van der Waals surface area contributed by atoms with Crippen molar-refractivity contribution in [2.45, 2.75) is 44.8 Å². The molecule has 2 N–H and O–H groups in total. The van der Waals surface area contributed by atoms with Crippen molar-refractivity contribution in [2.24, 2.45) is 4.99 Å². The largest absolute Gasteiger partial charge is 0.481 e. The standard InChI is InChI=1S/C28H32F2N6O5S/c1-15-17(5-6-18(29)22(15)30)23-21(26(39)41-4)19(32-24(33-23)25-31-7-10-42-25)14-34-8-9-35-16(12-34)13-36(27(35)40)28(2,3)11-20(37)38/h5-7,10,16,23H,8-9,11-14H2,1-4H3,(H,32,33)(H,37,38)/t16-,23-/m0/s1. The zero-order valence-corrected chi connectivity index (χ0v) is 24.5. The summed E-state index contributed by atoms with van der Waals surface area (Å²) in [6.07, 6.45) is 1.45. The molecule has 0 spiro atoms. The van der Waals surface area contributed by atoms with Crippen LogP contribution >= 0.6 is 11.3 Å². The quantitative estimate of drug-likeness (QED) is 0.442. The van der Waals surface area contributed by atoms with Crippen LogP contribution in [0.15, 0.2) is 40.0 Å². The van der Waals surface area contributed by atoms with Crippen molar-refractivity contribution in [1.82, 2.24) is 25.0 Å². The van der Waals surface area contributed by atoms with E-state index in [0.717, 1.165) is 6.07 Å². The number of esters is 1. The van der Waals surface area contributed by atoms with Crippen LogP contribution in [0.3, 0.4) is 0 Å². The van der Waals surface area contributed by atoms with E-state index in [1.807, 2.05) is 0 Å². The summed E-state index contributed by atoms with van der Waals surface area (Å²) in [6, 6.07) is 1.08. The Morgan fingerprint density at radius 2 is 2.00 bits per heavy atom. The smallest absolute Gasteiger partial charge is 0.338 e. The molecule has 0 bridgehead atoms. The van der Waals surface area contributed by atoms with Crippen LogP contribution in [0.25, 0.3) is 0 Å². The number of urea groups is 1. The SMILES string of the molecule is COC(=O)C1=C(CN2CCN3C(=O)N(C(C)(C)CC(=O)O)C[C@@H]3C2)NC(c2nccs2)=N[C@H]1c1ccc(F)c(F)c1C. The monoisotopic (exact) mass is 602 g/mol. The van der Waals surface area contributed by atoms with Crippen molar-refractivity contribution >= 4 is 35.1 Å². The molecule has 1 aromatic heterocycles. The Balaban J connectivity index is 1.47. The van der Waals surface area contributed by atoms with Gasteiger partial charge in [-0.15, -0.1) is 11.3 Å². The number of methoxy groups -OCH3 is 1. The van der Waals surface area contributed by atoms with Gasteiger partial charge >= 0.3 is 18.0 Å². The lowest BCUT2D eigenvalue weighted by Crippen LogP contribution is -2.53. The van der Waals surface area contributed by atoms with E-state index in [0.29, 0.717) is 48.3 Å². The van der Waals surface area contributed by atoms with Crippen molar-refractivity contribution in [3.05, 3.63) is 62.7 Å². The maximum Gasteiger partial charge on any atom is 0.338 e. The van der Waals surface area contributed by atoms with Crippen LogP contribution < -0.4 is 5.32 Å². The van der Waals surface area contributed by atoms with Gasteiger partial charge in [0, 0.05) is 55.5 Å². The van der Waals surface area contributed by atoms with Gasteiger partial charge in [-0.1, -0.05) is 6.07 Å². The topological polar surface area (TPSA) is 128 Å². The lowest BCUT2D eigenvalue weighted by molar-refractivity contribution is -0.139. The predicted molar refractivity (Wildman–Crippen MR) is 150 cm³/mol. The average Bonchev–Trinajstić information content (AvgIpc) is 3.59. The number of ether oxygens (including phenoxy) is 1. The first kappa shape index (κ1) is 29.6. The number of carboxylic acid groups (broad SMARTS) is 1. The lowest BCUT2D eigenvalue weighted by atomic mass is 9.92. The van der Waals surface area contributed by atoms with E-state index in [1.54, 1.807) is 35.2 Å². The molecule has 1 aromatic carbocycles. The van der Waals surface area contributed by atoms with Crippen LogP contribution in [0.1, 0.15) is 42.4 Å². The molecule has 0 saturated carbocycles. The Morgan fingerprint density at radius 1 is 1.24 bits per heavy atom. The summed E-state index contributed by atoms with van der Waals surface area (Å²) in [5.74, 6) is -3.26. The van der Waals surface area contributed by atoms with Crippen LogP contribution in [-0.4, -0.2) is 100 Å². The fraction of sp³-hybridized carbons (Fsp3) is 0.464. The molecule has 0 radical (unpaired) electrons. The second-order valence-electron chi connectivity index (χ2n) is 11.2. The zero-order chi connectivity index (χ0) is 30.3. The fourth-order valence-corrected chi connectivity index (χ4v) is 6.41. The number of aliphatic carboxylic acids is 1. The average molecular weight is 603 g/mol. The van der Waals surface area contributed by atoms with Crippen LogP contribution in [0, 0.1) is 18.6 Å². The number of aliphatic imine (C=N–C) groups is 1. The number of carbonyl (C=O) groups excluding carboxylic acids is 2. The number of fused-ring (bicyclic) bond motifs is 1. The van der Waals surface area contributed by atoms with E-state index >= 15 is 0 Å². The summed E-state index contributed by atoms with van der Waals surface area (Å²) in [7, 11) is 1.25. The molecular formula is C28H32F2N6O5S. The van der Waals surface area contributed by atoms with Crippen molar-refractivity contribution in [3.8, 4) is 0 Å². The first-order valence-corrected chi connectivity index (χ1v) is 14.3. The van der Waals surface area contributed by atoms with Gasteiger partial charge in [-0.25, -0.2) is 23.4 Å². The van der Waals surface area contributed by atoms with Crippen LogP contribution in [0.2, 0.25) is 0 Å². The number of amides is 2. The number of rotatable bonds is 8. The normalized spacial score (nSPS) is 21.3. The third-order valence-corrected chi connectivity index (χ3v) is 8.75. The Bertz CT molecular complexity index is 1480. The van der Waals surface area contributed by atoms with Gasteiger partial charge in [0.05, 0.1) is 25.1 Å². The summed E-state index contributed by atoms with van der Waals surface area (Å²) in [4.78, 5) is 52.4. The minimum absolute atomic E-state index is 0.0343. The molecule has 2 atom stereocenters. The molecule has 5 rings (SSSR count). The maximum absolute atomic E-state index is 14.7. The van der Waals surface area contributed by atoms with Crippen molar-refractivity contribution in [3.63, 3.8) is 0 Å². The molecule has 2 saturated heterocycles. The number of amidine groups is 1. The Morgan fingerprint density at radius 3 is 2.67 bits per heavy atom.